The largest absolute Gasteiger partial charge is 0.311 e. The van der Waals surface area contributed by atoms with E-state index in [2.05, 4.69) is 46.9 Å². The summed E-state index contributed by atoms with van der Waals surface area (Å²) in [6.45, 7) is 14.0. The molecule has 1 aliphatic rings. The van der Waals surface area contributed by atoms with Crippen molar-refractivity contribution < 1.29 is 0 Å². The van der Waals surface area contributed by atoms with Crippen molar-refractivity contribution in [3.05, 3.63) is 0 Å². The van der Waals surface area contributed by atoms with Crippen LogP contribution in [0.2, 0.25) is 0 Å². The van der Waals surface area contributed by atoms with Crippen molar-refractivity contribution in [2.75, 3.05) is 0 Å². The zero-order valence-electron chi connectivity index (χ0n) is 10.0. The molecule has 0 aromatic rings. The van der Waals surface area contributed by atoms with E-state index in [1.54, 1.807) is 0 Å². The number of hydrogen-bond acceptors (Lipinski definition) is 1. The minimum absolute atomic E-state index is 0.518. The minimum Gasteiger partial charge on any atom is -0.311 e. The molecule has 1 N–H and O–H groups in total. The van der Waals surface area contributed by atoms with Gasteiger partial charge in [-0.15, -0.1) is 0 Å². The Morgan fingerprint density at radius 1 is 1.15 bits per heavy atom. The third kappa shape index (κ3) is 1.76. The summed E-state index contributed by atoms with van der Waals surface area (Å²) in [6.07, 6.45) is 1.40. The van der Waals surface area contributed by atoms with Gasteiger partial charge in [0.2, 0.25) is 0 Å². The zero-order chi connectivity index (χ0) is 10.2. The Bertz CT molecular complexity index is 166. The highest BCUT2D eigenvalue weighted by atomic mass is 15.0. The molecule has 1 fully saturated rings. The Morgan fingerprint density at radius 2 is 1.62 bits per heavy atom. The molecule has 0 spiro atoms. The first-order chi connectivity index (χ1) is 5.89. The van der Waals surface area contributed by atoms with Crippen LogP contribution in [0.1, 0.15) is 48.0 Å². The Hall–Kier alpha value is -0.0400. The van der Waals surface area contributed by atoms with Gasteiger partial charge in [-0.2, -0.15) is 0 Å². The van der Waals surface area contributed by atoms with Gasteiger partial charge < -0.3 is 5.32 Å². The number of nitrogens with one attached hydrogen (secondary N) is 1. The van der Waals surface area contributed by atoms with Gasteiger partial charge in [-0.1, -0.05) is 34.6 Å². The smallest absolute Gasteiger partial charge is 0.01000 e. The maximum Gasteiger partial charge on any atom is 0.01000 e. The van der Waals surface area contributed by atoms with Crippen LogP contribution < -0.4 is 5.32 Å². The molecule has 1 aliphatic carbocycles. The second-order valence-corrected chi connectivity index (χ2v) is 5.45. The van der Waals surface area contributed by atoms with E-state index in [4.69, 9.17) is 0 Å². The molecule has 0 aromatic heterocycles. The summed E-state index contributed by atoms with van der Waals surface area (Å²) in [5.41, 5.74) is 0.518. The minimum atomic E-state index is 0.518. The standard InChI is InChI=1S/C12H25N/c1-8(2)13-11(5)12(6)9(3)7-10(12)4/h8-11,13H,7H2,1-6H3. The second-order valence-electron chi connectivity index (χ2n) is 5.45. The molecule has 0 heterocycles. The lowest BCUT2D eigenvalue weighted by molar-refractivity contribution is -0.0457. The predicted molar refractivity (Wildman–Crippen MR) is 58.8 cm³/mol. The van der Waals surface area contributed by atoms with Crippen molar-refractivity contribution in [1.29, 1.82) is 0 Å². The molecule has 0 bridgehead atoms. The van der Waals surface area contributed by atoms with E-state index in [1.165, 1.54) is 6.42 Å². The van der Waals surface area contributed by atoms with Crippen molar-refractivity contribution in [2.45, 2.75) is 60.0 Å². The second kappa shape index (κ2) is 3.61. The maximum atomic E-state index is 3.65. The van der Waals surface area contributed by atoms with Gasteiger partial charge in [0.25, 0.3) is 0 Å². The molecule has 3 atom stereocenters. The molecule has 0 radical (unpaired) electrons. The highest BCUT2D eigenvalue weighted by Crippen LogP contribution is 2.53. The molecule has 1 rings (SSSR count). The summed E-state index contributed by atoms with van der Waals surface area (Å²) in [7, 11) is 0. The Balaban J connectivity index is 2.58. The fraction of sp³-hybridized carbons (Fsp3) is 1.00. The first kappa shape index (κ1) is 11.0. The van der Waals surface area contributed by atoms with E-state index < -0.39 is 0 Å². The molecule has 3 unspecified atom stereocenters. The van der Waals surface area contributed by atoms with Gasteiger partial charge in [-0.3, -0.25) is 0 Å². The third-order valence-electron chi connectivity index (χ3n) is 4.35. The molecule has 0 aromatic carbocycles. The van der Waals surface area contributed by atoms with E-state index in [0.717, 1.165) is 11.8 Å². The molecule has 13 heavy (non-hydrogen) atoms. The average Bonchev–Trinajstić information content (AvgIpc) is 2.02. The molecular weight excluding hydrogens is 158 g/mol. The molecule has 0 amide bonds. The summed E-state index contributed by atoms with van der Waals surface area (Å²) in [4.78, 5) is 0. The Kier molecular flexibility index (Phi) is 3.06. The SMILES string of the molecule is CC(C)NC(C)C1(C)C(C)CC1C. The predicted octanol–water partition coefficient (Wildman–Crippen LogP) is 3.06. The molecule has 1 nitrogen and oxygen atoms in total. The van der Waals surface area contributed by atoms with Gasteiger partial charge in [0.1, 0.15) is 0 Å². The van der Waals surface area contributed by atoms with E-state index >= 15 is 0 Å². The van der Waals surface area contributed by atoms with Crippen molar-refractivity contribution in [3.8, 4) is 0 Å². The lowest BCUT2D eigenvalue weighted by Gasteiger charge is -2.56. The summed E-state index contributed by atoms with van der Waals surface area (Å²) in [5.74, 6) is 1.76. The van der Waals surface area contributed by atoms with Crippen LogP contribution in [0.5, 0.6) is 0 Å². The van der Waals surface area contributed by atoms with Crippen LogP contribution in [0.25, 0.3) is 0 Å². The summed E-state index contributed by atoms with van der Waals surface area (Å²) in [6, 6.07) is 1.25. The van der Waals surface area contributed by atoms with E-state index in [0.29, 0.717) is 17.5 Å². The van der Waals surface area contributed by atoms with Crippen molar-refractivity contribution in [2.24, 2.45) is 17.3 Å². The van der Waals surface area contributed by atoms with Crippen LogP contribution in [-0.2, 0) is 0 Å². The first-order valence-electron chi connectivity index (χ1n) is 5.65. The normalized spacial score (nSPS) is 41.8. The van der Waals surface area contributed by atoms with E-state index in [-0.39, 0.29) is 0 Å². The molecule has 0 aliphatic heterocycles. The Morgan fingerprint density at radius 3 is 1.92 bits per heavy atom. The first-order valence-corrected chi connectivity index (χ1v) is 5.65. The van der Waals surface area contributed by atoms with Gasteiger partial charge in [0.15, 0.2) is 0 Å². The van der Waals surface area contributed by atoms with Crippen LogP contribution in [-0.4, -0.2) is 12.1 Å². The fourth-order valence-electron chi connectivity index (χ4n) is 2.90. The third-order valence-corrected chi connectivity index (χ3v) is 4.35. The maximum absolute atomic E-state index is 3.65. The topological polar surface area (TPSA) is 12.0 Å². The molecule has 1 saturated carbocycles. The van der Waals surface area contributed by atoms with Gasteiger partial charge in [0.05, 0.1) is 0 Å². The van der Waals surface area contributed by atoms with Gasteiger partial charge in [-0.25, -0.2) is 0 Å². The molecule has 0 saturated heterocycles. The van der Waals surface area contributed by atoms with E-state index in [9.17, 15) is 0 Å². The Labute approximate surface area is 83.3 Å². The van der Waals surface area contributed by atoms with Crippen molar-refractivity contribution in [3.63, 3.8) is 0 Å². The lowest BCUT2D eigenvalue weighted by atomic mass is 9.52. The van der Waals surface area contributed by atoms with Gasteiger partial charge >= 0.3 is 0 Å². The van der Waals surface area contributed by atoms with Crippen LogP contribution in [0.3, 0.4) is 0 Å². The molecular formula is C12H25N. The van der Waals surface area contributed by atoms with Gasteiger partial charge in [-0.05, 0) is 30.6 Å². The lowest BCUT2D eigenvalue weighted by Crippen LogP contribution is -2.57. The van der Waals surface area contributed by atoms with E-state index in [1.807, 2.05) is 0 Å². The number of rotatable bonds is 3. The van der Waals surface area contributed by atoms with Crippen LogP contribution in [0.15, 0.2) is 0 Å². The quantitative estimate of drug-likeness (QED) is 0.709. The molecule has 1 heteroatoms. The van der Waals surface area contributed by atoms with Crippen molar-refractivity contribution in [1.82, 2.24) is 5.32 Å². The summed E-state index contributed by atoms with van der Waals surface area (Å²) >= 11 is 0. The van der Waals surface area contributed by atoms with Crippen LogP contribution >= 0.6 is 0 Å². The monoisotopic (exact) mass is 183 g/mol. The fourth-order valence-corrected chi connectivity index (χ4v) is 2.90. The highest BCUT2D eigenvalue weighted by Gasteiger charge is 2.49. The molecule has 78 valence electrons. The average molecular weight is 183 g/mol. The van der Waals surface area contributed by atoms with Crippen LogP contribution in [0, 0.1) is 17.3 Å². The summed E-state index contributed by atoms with van der Waals surface area (Å²) in [5, 5.41) is 3.65. The highest BCUT2D eigenvalue weighted by molar-refractivity contribution is 5.01. The zero-order valence-corrected chi connectivity index (χ0v) is 10.0. The number of hydrogen-bond donors (Lipinski definition) is 1. The summed E-state index contributed by atoms with van der Waals surface area (Å²) < 4.78 is 0. The van der Waals surface area contributed by atoms with Crippen LogP contribution in [0.4, 0.5) is 0 Å². The van der Waals surface area contributed by atoms with Crippen molar-refractivity contribution >= 4 is 0 Å². The van der Waals surface area contributed by atoms with Gasteiger partial charge in [0, 0.05) is 12.1 Å².